The molecule has 0 saturated heterocycles. The van der Waals surface area contributed by atoms with Gasteiger partial charge in [-0.05, 0) is 52.7 Å². The number of halogens is 1. The van der Waals surface area contributed by atoms with Crippen LogP contribution in [0.25, 0.3) is 28.4 Å². The molecule has 0 aliphatic carbocycles. The second kappa shape index (κ2) is 7.76. The van der Waals surface area contributed by atoms with Crippen LogP contribution >= 0.6 is 15.9 Å². The minimum Gasteiger partial charge on any atom is -0.495 e. The van der Waals surface area contributed by atoms with Gasteiger partial charge in [0.15, 0.2) is 6.79 Å². The molecule has 0 aliphatic rings. The van der Waals surface area contributed by atoms with Gasteiger partial charge in [-0.25, -0.2) is 0 Å². The molecular formula is C20H18BrO4. The number of hydrogen-bond donors (Lipinski definition) is 0. The summed E-state index contributed by atoms with van der Waals surface area (Å²) in [5.41, 5.74) is 2.60. The lowest BCUT2D eigenvalue weighted by Gasteiger charge is -2.13. The van der Waals surface area contributed by atoms with Crippen LogP contribution in [0.5, 0.6) is 11.5 Å². The molecule has 0 spiro atoms. The highest BCUT2D eigenvalue weighted by Gasteiger charge is 2.20. The second-order valence-corrected chi connectivity index (χ2v) is 6.19. The van der Waals surface area contributed by atoms with Gasteiger partial charge in [0.2, 0.25) is 0 Å². The number of ether oxygens (including phenoxy) is 3. The molecular weight excluding hydrogens is 384 g/mol. The molecule has 0 saturated carbocycles. The van der Waals surface area contributed by atoms with E-state index in [-0.39, 0.29) is 6.79 Å². The Kier molecular flexibility index (Phi) is 5.46. The Bertz CT molecular complexity index is 911. The van der Waals surface area contributed by atoms with E-state index in [9.17, 15) is 0 Å². The van der Waals surface area contributed by atoms with Crippen LogP contribution in [0.15, 0.2) is 45.3 Å². The summed E-state index contributed by atoms with van der Waals surface area (Å²) in [5, 5.41) is 1.00. The first-order valence-electron chi connectivity index (χ1n) is 7.74. The molecule has 1 heterocycles. The van der Waals surface area contributed by atoms with Crippen molar-refractivity contribution in [3.63, 3.8) is 0 Å². The number of methoxy groups -OCH3 is 2. The van der Waals surface area contributed by atoms with Crippen LogP contribution in [0, 0.1) is 6.07 Å². The molecule has 1 radical (unpaired) electrons. The summed E-state index contributed by atoms with van der Waals surface area (Å²) in [4.78, 5) is 0. The van der Waals surface area contributed by atoms with E-state index < -0.39 is 0 Å². The van der Waals surface area contributed by atoms with Crippen molar-refractivity contribution in [1.29, 1.82) is 0 Å². The molecule has 0 bridgehead atoms. The fraction of sp³-hybridized carbons (Fsp3) is 0.200. The van der Waals surface area contributed by atoms with Crippen LogP contribution in [0.3, 0.4) is 0 Å². The third kappa shape index (κ3) is 3.57. The van der Waals surface area contributed by atoms with E-state index in [2.05, 4.69) is 28.1 Å². The van der Waals surface area contributed by atoms with Gasteiger partial charge in [-0.3, -0.25) is 0 Å². The summed E-state index contributed by atoms with van der Waals surface area (Å²) in [7, 11) is 3.18. The molecule has 0 N–H and O–H groups in total. The molecule has 129 valence electrons. The Morgan fingerprint density at radius 2 is 2.08 bits per heavy atom. The Hall–Kier alpha value is -2.24. The predicted molar refractivity (Wildman–Crippen MR) is 102 cm³/mol. The van der Waals surface area contributed by atoms with Gasteiger partial charge in [0.1, 0.15) is 28.4 Å². The molecule has 4 nitrogen and oxygen atoms in total. The second-order valence-electron chi connectivity index (χ2n) is 5.33. The molecule has 2 aromatic carbocycles. The highest BCUT2D eigenvalue weighted by atomic mass is 79.9. The maximum Gasteiger partial charge on any atom is 0.188 e. The Labute approximate surface area is 155 Å². The maximum atomic E-state index is 6.04. The van der Waals surface area contributed by atoms with Crippen LogP contribution in [-0.2, 0) is 4.74 Å². The van der Waals surface area contributed by atoms with Gasteiger partial charge in [-0.15, -0.1) is 0 Å². The smallest absolute Gasteiger partial charge is 0.188 e. The van der Waals surface area contributed by atoms with Gasteiger partial charge >= 0.3 is 0 Å². The highest BCUT2D eigenvalue weighted by Crippen LogP contribution is 2.44. The molecule has 25 heavy (non-hydrogen) atoms. The SMILES string of the molecule is CC=Cc1ccc2oc(-c3c(OCOC)[c]cc(Br)c3OC)cc2c1. The average molecular weight is 402 g/mol. The Balaban J connectivity index is 2.16. The van der Waals surface area contributed by atoms with Gasteiger partial charge in [-0.1, -0.05) is 18.2 Å². The number of rotatable bonds is 6. The Morgan fingerprint density at radius 3 is 2.80 bits per heavy atom. The van der Waals surface area contributed by atoms with Crippen molar-refractivity contribution < 1.29 is 18.6 Å². The minimum atomic E-state index is 0.111. The zero-order chi connectivity index (χ0) is 17.8. The summed E-state index contributed by atoms with van der Waals surface area (Å²) in [5.74, 6) is 1.78. The summed E-state index contributed by atoms with van der Waals surface area (Å²) in [6.45, 7) is 2.10. The third-order valence-corrected chi connectivity index (χ3v) is 4.26. The minimum absolute atomic E-state index is 0.111. The summed E-state index contributed by atoms with van der Waals surface area (Å²) in [6.07, 6.45) is 4.05. The van der Waals surface area contributed by atoms with Crippen LogP contribution < -0.4 is 9.47 Å². The fourth-order valence-electron chi connectivity index (χ4n) is 2.63. The molecule has 0 atom stereocenters. The molecule has 0 amide bonds. The van der Waals surface area contributed by atoms with Crippen molar-refractivity contribution in [2.45, 2.75) is 6.92 Å². The standard InChI is InChI=1S/C20H18BrO4/c1-4-5-13-6-8-16-14(10-13)11-18(25-16)19-17(24-12-22-2)9-7-15(21)20(19)23-3/h4-8,10-11H,12H2,1-3H3. The van der Waals surface area contributed by atoms with E-state index in [1.807, 2.05) is 37.3 Å². The van der Waals surface area contributed by atoms with Gasteiger partial charge in [0.05, 0.1) is 11.6 Å². The largest absolute Gasteiger partial charge is 0.495 e. The van der Waals surface area contributed by atoms with Crippen molar-refractivity contribution >= 4 is 33.0 Å². The highest BCUT2D eigenvalue weighted by molar-refractivity contribution is 9.10. The van der Waals surface area contributed by atoms with Gasteiger partial charge in [0.25, 0.3) is 0 Å². The first-order valence-corrected chi connectivity index (χ1v) is 8.53. The van der Waals surface area contributed by atoms with Crippen molar-refractivity contribution in [2.75, 3.05) is 21.0 Å². The van der Waals surface area contributed by atoms with E-state index >= 15 is 0 Å². The third-order valence-electron chi connectivity index (χ3n) is 3.67. The normalized spacial score (nSPS) is 11.4. The van der Waals surface area contributed by atoms with Crippen molar-refractivity contribution in [3.8, 4) is 22.8 Å². The van der Waals surface area contributed by atoms with E-state index in [0.717, 1.165) is 21.0 Å². The Morgan fingerprint density at radius 1 is 1.24 bits per heavy atom. The van der Waals surface area contributed by atoms with Crippen molar-refractivity contribution in [3.05, 3.63) is 52.5 Å². The van der Waals surface area contributed by atoms with Gasteiger partial charge in [0, 0.05) is 18.6 Å². The van der Waals surface area contributed by atoms with Gasteiger partial charge < -0.3 is 18.6 Å². The first-order chi connectivity index (χ1) is 12.2. The lowest BCUT2D eigenvalue weighted by molar-refractivity contribution is 0.0511. The van der Waals surface area contributed by atoms with Crippen molar-refractivity contribution in [2.24, 2.45) is 0 Å². The van der Waals surface area contributed by atoms with Crippen molar-refractivity contribution in [1.82, 2.24) is 0 Å². The zero-order valence-corrected chi connectivity index (χ0v) is 15.8. The van der Waals surface area contributed by atoms with E-state index in [4.69, 9.17) is 18.6 Å². The lowest BCUT2D eigenvalue weighted by Crippen LogP contribution is -2.01. The molecule has 0 unspecified atom stereocenters. The van der Waals surface area contributed by atoms with Gasteiger partial charge in [-0.2, -0.15) is 0 Å². The maximum absolute atomic E-state index is 6.04. The first kappa shape index (κ1) is 17.6. The molecule has 0 aliphatic heterocycles. The number of allylic oxidation sites excluding steroid dienone is 1. The topological polar surface area (TPSA) is 40.8 Å². The molecule has 3 aromatic rings. The van der Waals surface area contributed by atoms with Crippen LogP contribution in [0.1, 0.15) is 12.5 Å². The quantitative estimate of drug-likeness (QED) is 0.497. The molecule has 0 fully saturated rings. The number of fused-ring (bicyclic) bond motifs is 1. The number of furan rings is 1. The number of benzene rings is 2. The van der Waals surface area contributed by atoms with Crippen LogP contribution in [-0.4, -0.2) is 21.0 Å². The zero-order valence-electron chi connectivity index (χ0n) is 14.3. The van der Waals surface area contributed by atoms with Crippen LogP contribution in [0.2, 0.25) is 0 Å². The fourth-order valence-corrected chi connectivity index (χ4v) is 3.10. The summed E-state index contributed by atoms with van der Waals surface area (Å²) < 4.78 is 23.0. The molecule has 3 rings (SSSR count). The van der Waals surface area contributed by atoms with E-state index in [1.165, 1.54) is 0 Å². The summed E-state index contributed by atoms with van der Waals surface area (Å²) in [6, 6.07) is 12.9. The number of hydrogen-bond acceptors (Lipinski definition) is 4. The summed E-state index contributed by atoms with van der Waals surface area (Å²) >= 11 is 3.49. The lowest BCUT2D eigenvalue weighted by atomic mass is 10.1. The molecule has 1 aromatic heterocycles. The predicted octanol–water partition coefficient (Wildman–Crippen LogP) is 5.69. The monoisotopic (exact) mass is 401 g/mol. The van der Waals surface area contributed by atoms with E-state index in [0.29, 0.717) is 22.8 Å². The average Bonchev–Trinajstić information content (AvgIpc) is 3.03. The van der Waals surface area contributed by atoms with E-state index in [1.54, 1.807) is 20.3 Å². The van der Waals surface area contributed by atoms with Crippen LogP contribution in [0.4, 0.5) is 0 Å². The molecule has 5 heteroatoms.